The molecular weight excluding hydrogens is 661 g/mol. The van der Waals surface area contributed by atoms with Crippen LogP contribution in [0.4, 0.5) is 46.9 Å². The maximum Gasteiger partial charge on any atom is 0.573 e. The Labute approximate surface area is 265 Å². The van der Waals surface area contributed by atoms with Gasteiger partial charge in [0.25, 0.3) is 0 Å². The molecule has 18 heteroatoms. The van der Waals surface area contributed by atoms with E-state index in [-0.39, 0.29) is 39.4 Å². The number of anilines is 2. The summed E-state index contributed by atoms with van der Waals surface area (Å²) in [5.74, 6) is -1.94. The molecule has 10 nitrogen and oxygen atoms in total. The molecule has 1 aliphatic rings. The van der Waals surface area contributed by atoms with Crippen molar-refractivity contribution in [3.8, 4) is 22.8 Å². The maximum atomic E-state index is 15.0. The SMILES string of the molecule is Cc1cccc(N2C(=O)CS/C2=N\C(=O)Nc2ccc(-c3ncn(-c4cccc(OC(F)(F)F)c4)n3)cc2F)c1COCC(F)(F)F. The molecule has 0 atom stereocenters. The Morgan fingerprint density at radius 1 is 1.06 bits per heavy atom. The molecule has 4 aromatic rings. The molecule has 1 aliphatic heterocycles. The highest BCUT2D eigenvalue weighted by Crippen LogP contribution is 2.33. The molecule has 1 fully saturated rings. The number of urea groups is 1. The first kappa shape index (κ1) is 33.4. The molecule has 0 radical (unpaired) electrons. The highest BCUT2D eigenvalue weighted by atomic mass is 32.2. The molecule has 3 aromatic carbocycles. The number of thioether (sulfide) groups is 1. The van der Waals surface area contributed by atoms with Gasteiger partial charge in [-0.1, -0.05) is 30.0 Å². The normalized spacial score (nSPS) is 14.6. The van der Waals surface area contributed by atoms with Gasteiger partial charge in [-0.2, -0.15) is 18.2 Å². The van der Waals surface area contributed by atoms with Gasteiger partial charge in [-0.3, -0.25) is 9.69 Å². The summed E-state index contributed by atoms with van der Waals surface area (Å²) in [6, 6.07) is 12.3. The van der Waals surface area contributed by atoms with Gasteiger partial charge < -0.3 is 14.8 Å². The number of halogens is 7. The van der Waals surface area contributed by atoms with E-state index in [1.54, 1.807) is 19.1 Å². The van der Waals surface area contributed by atoms with Crippen molar-refractivity contribution in [2.24, 2.45) is 4.99 Å². The number of amidine groups is 1. The topological polar surface area (TPSA) is 111 Å². The summed E-state index contributed by atoms with van der Waals surface area (Å²) in [5, 5.41) is 6.37. The molecule has 0 saturated carbocycles. The second kappa shape index (κ2) is 13.4. The summed E-state index contributed by atoms with van der Waals surface area (Å²) in [6.45, 7) is -0.326. The van der Waals surface area contributed by atoms with Crippen LogP contribution in [0.15, 0.2) is 72.0 Å². The first-order chi connectivity index (χ1) is 22.2. The van der Waals surface area contributed by atoms with Gasteiger partial charge in [-0.15, -0.1) is 18.3 Å². The van der Waals surface area contributed by atoms with Gasteiger partial charge >= 0.3 is 18.6 Å². The van der Waals surface area contributed by atoms with E-state index in [1.165, 1.54) is 36.7 Å². The maximum absolute atomic E-state index is 15.0. The highest BCUT2D eigenvalue weighted by molar-refractivity contribution is 8.15. The lowest BCUT2D eigenvalue weighted by Crippen LogP contribution is -2.31. The highest BCUT2D eigenvalue weighted by Gasteiger charge is 2.34. The molecule has 0 spiro atoms. The first-order valence-electron chi connectivity index (χ1n) is 13.3. The number of aromatic nitrogens is 3. The fourth-order valence-corrected chi connectivity index (χ4v) is 5.22. The van der Waals surface area contributed by atoms with Gasteiger partial charge in [0.05, 0.1) is 29.4 Å². The second-order valence-corrected chi connectivity index (χ2v) is 10.7. The number of ether oxygens (including phenoxy) is 2. The van der Waals surface area contributed by atoms with E-state index in [1.807, 2.05) is 0 Å². The molecule has 0 bridgehead atoms. The Hall–Kier alpha value is -4.97. The summed E-state index contributed by atoms with van der Waals surface area (Å²) in [4.78, 5) is 34.6. The number of carbonyl (C=O) groups excluding carboxylic acids is 2. The average molecular weight is 683 g/mol. The quantitative estimate of drug-likeness (QED) is 0.199. The number of nitrogens with one attached hydrogen (secondary N) is 1. The summed E-state index contributed by atoms with van der Waals surface area (Å²) in [6.07, 6.45) is -8.23. The van der Waals surface area contributed by atoms with E-state index >= 15 is 4.39 Å². The Bertz CT molecular complexity index is 1840. The first-order valence-corrected chi connectivity index (χ1v) is 14.3. The van der Waals surface area contributed by atoms with Gasteiger partial charge in [-0.25, -0.2) is 18.9 Å². The summed E-state index contributed by atoms with van der Waals surface area (Å²) >= 11 is 0.911. The lowest BCUT2D eigenvalue weighted by molar-refractivity contribution is -0.274. The van der Waals surface area contributed by atoms with Gasteiger partial charge in [0.1, 0.15) is 24.5 Å². The minimum atomic E-state index is -4.89. The summed E-state index contributed by atoms with van der Waals surface area (Å²) in [7, 11) is 0. The second-order valence-electron chi connectivity index (χ2n) is 9.78. The summed E-state index contributed by atoms with van der Waals surface area (Å²) in [5.41, 5.74) is 1.12. The van der Waals surface area contributed by atoms with Gasteiger partial charge in [0.15, 0.2) is 11.0 Å². The van der Waals surface area contributed by atoms with E-state index < -0.39 is 49.3 Å². The van der Waals surface area contributed by atoms with E-state index in [4.69, 9.17) is 4.74 Å². The molecule has 0 aliphatic carbocycles. The van der Waals surface area contributed by atoms with E-state index in [0.717, 1.165) is 39.5 Å². The molecule has 0 unspecified atom stereocenters. The van der Waals surface area contributed by atoms with Crippen LogP contribution in [0.1, 0.15) is 11.1 Å². The van der Waals surface area contributed by atoms with Crippen molar-refractivity contribution in [1.29, 1.82) is 0 Å². The van der Waals surface area contributed by atoms with E-state index in [2.05, 4.69) is 25.1 Å². The Morgan fingerprint density at radius 2 is 1.83 bits per heavy atom. The number of hydrogen-bond donors (Lipinski definition) is 1. The molecule has 1 saturated heterocycles. The lowest BCUT2D eigenvalue weighted by atomic mass is 10.1. The number of nitrogens with zero attached hydrogens (tertiary/aromatic N) is 5. The number of amides is 3. The monoisotopic (exact) mass is 682 g/mol. The Balaban J connectivity index is 1.30. The van der Waals surface area contributed by atoms with Crippen molar-refractivity contribution < 1.29 is 49.8 Å². The van der Waals surface area contributed by atoms with Crippen molar-refractivity contribution in [2.45, 2.75) is 26.1 Å². The number of hydrogen-bond acceptors (Lipinski definition) is 7. The van der Waals surface area contributed by atoms with Gasteiger partial charge in [0.2, 0.25) is 5.91 Å². The standard InChI is InChI=1S/C29H21F7N6O4S/c1-16-4-2-7-23(20(16)12-45-14-28(31,32)33)42-24(43)13-47-27(42)39-26(44)38-22-9-8-17(10-21(22)30)25-37-15-41(40-25)18-5-3-6-19(11-18)46-29(34,35)36/h2-11,15H,12-14H2,1H3,(H,38,44)/b39-27-. The average Bonchev–Trinajstić information content (AvgIpc) is 3.61. The molecule has 246 valence electrons. The zero-order chi connectivity index (χ0) is 33.9. The number of aryl methyl sites for hydroxylation is 1. The van der Waals surface area contributed by atoms with Crippen LogP contribution in [-0.4, -0.2) is 56.8 Å². The molecule has 1 N–H and O–H groups in total. The van der Waals surface area contributed by atoms with Crippen LogP contribution in [-0.2, 0) is 16.1 Å². The van der Waals surface area contributed by atoms with Crippen molar-refractivity contribution in [3.63, 3.8) is 0 Å². The minimum absolute atomic E-state index is 0.0221. The van der Waals surface area contributed by atoms with Gasteiger partial charge in [0, 0.05) is 17.2 Å². The van der Waals surface area contributed by atoms with Crippen LogP contribution in [0, 0.1) is 12.7 Å². The largest absolute Gasteiger partial charge is 0.573 e. The lowest BCUT2D eigenvalue weighted by Gasteiger charge is -2.21. The third kappa shape index (κ3) is 8.44. The van der Waals surface area contributed by atoms with Crippen LogP contribution in [0.2, 0.25) is 0 Å². The minimum Gasteiger partial charge on any atom is -0.406 e. The van der Waals surface area contributed by atoms with E-state index in [9.17, 15) is 35.9 Å². The number of rotatable bonds is 8. The summed E-state index contributed by atoms with van der Waals surface area (Å²) < 4.78 is 101. The zero-order valence-corrected chi connectivity index (χ0v) is 24.7. The molecule has 2 heterocycles. The smallest absolute Gasteiger partial charge is 0.406 e. The number of aliphatic imine (C=N–C) groups is 1. The predicted molar refractivity (Wildman–Crippen MR) is 157 cm³/mol. The number of benzene rings is 3. The molecule has 5 rings (SSSR count). The van der Waals surface area contributed by atoms with Crippen LogP contribution in [0.3, 0.4) is 0 Å². The van der Waals surface area contributed by atoms with Crippen molar-refractivity contribution in [3.05, 3.63) is 83.9 Å². The van der Waals surface area contributed by atoms with Crippen molar-refractivity contribution >= 4 is 40.2 Å². The predicted octanol–water partition coefficient (Wildman–Crippen LogP) is 7.03. The fourth-order valence-electron chi connectivity index (χ4n) is 4.36. The number of carbonyl (C=O) groups is 2. The molecule has 47 heavy (non-hydrogen) atoms. The Kier molecular flexibility index (Phi) is 9.53. The molecule has 3 amide bonds. The third-order valence-electron chi connectivity index (χ3n) is 6.38. The zero-order valence-electron chi connectivity index (χ0n) is 23.9. The molecule has 1 aromatic heterocycles. The van der Waals surface area contributed by atoms with Gasteiger partial charge in [-0.05, 0) is 48.9 Å². The van der Waals surface area contributed by atoms with E-state index in [0.29, 0.717) is 11.1 Å². The molecular formula is C29H21F7N6O4S. The van der Waals surface area contributed by atoms with Crippen LogP contribution >= 0.6 is 11.8 Å². The fraction of sp³-hybridized carbons (Fsp3) is 0.207. The van der Waals surface area contributed by atoms with Crippen LogP contribution in [0.25, 0.3) is 17.1 Å². The van der Waals surface area contributed by atoms with Crippen molar-refractivity contribution in [1.82, 2.24) is 14.8 Å². The van der Waals surface area contributed by atoms with Crippen molar-refractivity contribution in [2.75, 3.05) is 22.6 Å². The van der Waals surface area contributed by atoms with Crippen LogP contribution in [0.5, 0.6) is 5.75 Å². The van der Waals surface area contributed by atoms with Crippen LogP contribution < -0.4 is 15.0 Å². The number of alkyl halides is 6. The third-order valence-corrected chi connectivity index (χ3v) is 7.30. The Morgan fingerprint density at radius 3 is 2.55 bits per heavy atom.